The molecule has 1 aliphatic heterocycles. The zero-order valence-corrected chi connectivity index (χ0v) is 11.0. The average Bonchev–Trinajstić information content (AvgIpc) is 2.46. The average molecular weight is 248 g/mol. The zero-order valence-electron chi connectivity index (χ0n) is 11.0. The predicted octanol–water partition coefficient (Wildman–Crippen LogP) is 1.79. The molecule has 3 heteroatoms. The number of piperidine rings is 1. The Bertz CT molecular complexity index is 340. The minimum atomic E-state index is 0.171. The van der Waals surface area contributed by atoms with Crippen molar-refractivity contribution in [3.63, 3.8) is 0 Å². The van der Waals surface area contributed by atoms with E-state index in [1.807, 2.05) is 0 Å². The summed E-state index contributed by atoms with van der Waals surface area (Å²) in [5.41, 5.74) is 8.20. The van der Waals surface area contributed by atoms with E-state index < -0.39 is 0 Å². The van der Waals surface area contributed by atoms with E-state index >= 15 is 0 Å². The van der Waals surface area contributed by atoms with Crippen LogP contribution in [0.5, 0.6) is 0 Å². The molecule has 1 atom stereocenters. The number of aliphatic hydroxyl groups is 1. The quantitative estimate of drug-likeness (QED) is 0.835. The standard InChI is InChI=1S/C15H24N2O/c16-11-14(12-18)10-13-4-6-15(7-5-13)17-8-2-1-3-9-17/h4-7,14,18H,1-3,8-12,16H2. The molecule has 18 heavy (non-hydrogen) atoms. The van der Waals surface area contributed by atoms with Gasteiger partial charge in [0.25, 0.3) is 0 Å². The lowest BCUT2D eigenvalue weighted by Gasteiger charge is -2.29. The molecule has 0 bridgehead atoms. The first-order valence-corrected chi connectivity index (χ1v) is 6.98. The van der Waals surface area contributed by atoms with E-state index in [1.54, 1.807) is 0 Å². The van der Waals surface area contributed by atoms with Crippen LogP contribution < -0.4 is 10.6 Å². The lowest BCUT2D eigenvalue weighted by atomic mass is 10.00. The van der Waals surface area contributed by atoms with Crippen LogP contribution in [0.3, 0.4) is 0 Å². The largest absolute Gasteiger partial charge is 0.396 e. The second kappa shape index (κ2) is 6.76. The summed E-state index contributed by atoms with van der Waals surface area (Å²) < 4.78 is 0. The van der Waals surface area contributed by atoms with Gasteiger partial charge in [0.05, 0.1) is 0 Å². The van der Waals surface area contributed by atoms with Crippen LogP contribution in [0, 0.1) is 5.92 Å². The molecule has 1 aromatic rings. The highest BCUT2D eigenvalue weighted by Gasteiger charge is 2.11. The molecule has 1 heterocycles. The summed E-state index contributed by atoms with van der Waals surface area (Å²) in [4.78, 5) is 2.46. The molecule has 2 rings (SSSR count). The van der Waals surface area contributed by atoms with E-state index in [2.05, 4.69) is 29.2 Å². The minimum Gasteiger partial charge on any atom is -0.396 e. The number of aliphatic hydroxyl groups excluding tert-OH is 1. The highest BCUT2D eigenvalue weighted by atomic mass is 16.3. The van der Waals surface area contributed by atoms with Crippen molar-refractivity contribution in [2.24, 2.45) is 11.7 Å². The maximum atomic E-state index is 9.16. The smallest absolute Gasteiger partial charge is 0.0474 e. The molecule has 1 saturated heterocycles. The molecule has 0 spiro atoms. The molecule has 1 aliphatic rings. The summed E-state index contributed by atoms with van der Waals surface area (Å²) in [5.74, 6) is 0.186. The van der Waals surface area contributed by atoms with Gasteiger partial charge in [-0.2, -0.15) is 0 Å². The van der Waals surface area contributed by atoms with Crippen LogP contribution in [-0.2, 0) is 6.42 Å². The van der Waals surface area contributed by atoms with E-state index in [4.69, 9.17) is 10.8 Å². The molecule has 0 radical (unpaired) electrons. The first-order chi connectivity index (χ1) is 8.83. The van der Waals surface area contributed by atoms with Gasteiger partial charge >= 0.3 is 0 Å². The van der Waals surface area contributed by atoms with Gasteiger partial charge in [-0.1, -0.05) is 12.1 Å². The molecule has 1 aromatic carbocycles. The lowest BCUT2D eigenvalue weighted by molar-refractivity contribution is 0.230. The van der Waals surface area contributed by atoms with Crippen LogP contribution in [0.2, 0.25) is 0 Å². The van der Waals surface area contributed by atoms with Gasteiger partial charge in [0.1, 0.15) is 0 Å². The van der Waals surface area contributed by atoms with Crippen molar-refractivity contribution in [3.05, 3.63) is 29.8 Å². The van der Waals surface area contributed by atoms with Crippen molar-refractivity contribution in [1.82, 2.24) is 0 Å². The number of hydrogen-bond acceptors (Lipinski definition) is 3. The second-order valence-corrected chi connectivity index (χ2v) is 5.20. The van der Waals surface area contributed by atoms with Crippen molar-refractivity contribution in [1.29, 1.82) is 0 Å². The lowest BCUT2D eigenvalue weighted by Crippen LogP contribution is -2.29. The molecule has 3 nitrogen and oxygen atoms in total. The Labute approximate surface area is 110 Å². The van der Waals surface area contributed by atoms with Gasteiger partial charge < -0.3 is 15.7 Å². The van der Waals surface area contributed by atoms with Crippen molar-refractivity contribution in [2.45, 2.75) is 25.7 Å². The Kier molecular flexibility index (Phi) is 5.02. The Hall–Kier alpha value is -1.06. The van der Waals surface area contributed by atoms with Gasteiger partial charge in [0.15, 0.2) is 0 Å². The summed E-state index contributed by atoms with van der Waals surface area (Å²) >= 11 is 0. The van der Waals surface area contributed by atoms with Crippen LogP contribution in [-0.4, -0.2) is 31.3 Å². The summed E-state index contributed by atoms with van der Waals surface area (Å²) in [6.07, 6.45) is 4.85. The van der Waals surface area contributed by atoms with Crippen LogP contribution >= 0.6 is 0 Å². The molecule has 100 valence electrons. The Morgan fingerprint density at radius 3 is 2.33 bits per heavy atom. The number of nitrogens with two attached hydrogens (primary N) is 1. The summed E-state index contributed by atoms with van der Waals surface area (Å²) in [6, 6.07) is 8.74. The monoisotopic (exact) mass is 248 g/mol. The Morgan fingerprint density at radius 2 is 1.78 bits per heavy atom. The molecule has 0 amide bonds. The number of hydrogen-bond donors (Lipinski definition) is 2. The molecule has 1 fully saturated rings. The van der Waals surface area contributed by atoms with E-state index in [-0.39, 0.29) is 12.5 Å². The van der Waals surface area contributed by atoms with Gasteiger partial charge in [-0.15, -0.1) is 0 Å². The Morgan fingerprint density at radius 1 is 1.11 bits per heavy atom. The van der Waals surface area contributed by atoms with Crippen molar-refractivity contribution >= 4 is 5.69 Å². The van der Waals surface area contributed by atoms with Gasteiger partial charge in [0, 0.05) is 25.4 Å². The zero-order chi connectivity index (χ0) is 12.8. The second-order valence-electron chi connectivity index (χ2n) is 5.20. The SMILES string of the molecule is NCC(CO)Cc1ccc(N2CCCCC2)cc1. The molecule has 3 N–H and O–H groups in total. The predicted molar refractivity (Wildman–Crippen MR) is 75.8 cm³/mol. The molecule has 0 aromatic heterocycles. The highest BCUT2D eigenvalue weighted by Crippen LogP contribution is 2.21. The Balaban J connectivity index is 1.96. The first-order valence-electron chi connectivity index (χ1n) is 6.98. The number of benzene rings is 1. The van der Waals surface area contributed by atoms with Gasteiger partial charge in [-0.3, -0.25) is 0 Å². The third kappa shape index (κ3) is 3.47. The number of nitrogens with zero attached hydrogens (tertiary/aromatic N) is 1. The maximum Gasteiger partial charge on any atom is 0.0474 e. The molecule has 0 saturated carbocycles. The normalized spacial score (nSPS) is 17.8. The topological polar surface area (TPSA) is 49.5 Å². The van der Waals surface area contributed by atoms with Crippen molar-refractivity contribution < 1.29 is 5.11 Å². The van der Waals surface area contributed by atoms with E-state index in [0.717, 1.165) is 6.42 Å². The van der Waals surface area contributed by atoms with Crippen molar-refractivity contribution in [3.8, 4) is 0 Å². The summed E-state index contributed by atoms with van der Waals surface area (Å²) in [5, 5.41) is 9.16. The molecular weight excluding hydrogens is 224 g/mol. The fraction of sp³-hybridized carbons (Fsp3) is 0.600. The van der Waals surface area contributed by atoms with E-state index in [0.29, 0.717) is 6.54 Å². The van der Waals surface area contributed by atoms with Crippen molar-refractivity contribution in [2.75, 3.05) is 31.1 Å². The van der Waals surface area contributed by atoms with Crippen LogP contribution in [0.25, 0.3) is 0 Å². The number of anilines is 1. The fourth-order valence-electron chi connectivity index (χ4n) is 2.55. The van der Waals surface area contributed by atoms with Crippen LogP contribution in [0.15, 0.2) is 24.3 Å². The molecular formula is C15H24N2O. The van der Waals surface area contributed by atoms with Crippen LogP contribution in [0.1, 0.15) is 24.8 Å². The van der Waals surface area contributed by atoms with Crippen LogP contribution in [0.4, 0.5) is 5.69 Å². The minimum absolute atomic E-state index is 0.171. The molecule has 0 aliphatic carbocycles. The highest BCUT2D eigenvalue weighted by molar-refractivity contribution is 5.47. The third-order valence-corrected chi connectivity index (χ3v) is 3.77. The fourth-order valence-corrected chi connectivity index (χ4v) is 2.55. The summed E-state index contributed by atoms with van der Waals surface area (Å²) in [7, 11) is 0. The molecule has 1 unspecified atom stereocenters. The third-order valence-electron chi connectivity index (χ3n) is 3.77. The van der Waals surface area contributed by atoms with Gasteiger partial charge in [0.2, 0.25) is 0 Å². The van der Waals surface area contributed by atoms with Gasteiger partial charge in [-0.25, -0.2) is 0 Å². The van der Waals surface area contributed by atoms with E-state index in [1.165, 1.54) is 43.6 Å². The van der Waals surface area contributed by atoms with Gasteiger partial charge in [-0.05, 0) is 55.8 Å². The maximum absolute atomic E-state index is 9.16. The summed E-state index contributed by atoms with van der Waals surface area (Å²) in [6.45, 7) is 3.08. The first kappa shape index (κ1) is 13.4. The number of rotatable bonds is 5. The van der Waals surface area contributed by atoms with E-state index in [9.17, 15) is 0 Å².